The summed E-state index contributed by atoms with van der Waals surface area (Å²) in [6, 6.07) is -0.442. The lowest BCUT2D eigenvalue weighted by atomic mass is 9.66. The average Bonchev–Trinajstić information content (AvgIpc) is 3.49. The number of hydrogen-bond donors (Lipinski definition) is 1. The van der Waals surface area contributed by atoms with E-state index in [4.69, 9.17) is 4.74 Å². The lowest BCUT2D eigenvalue weighted by Gasteiger charge is -2.43. The van der Waals surface area contributed by atoms with E-state index in [0.717, 1.165) is 38.5 Å². The number of allylic oxidation sites excluding steroid dienone is 1. The Morgan fingerprint density at radius 2 is 1.95 bits per heavy atom. The number of carbonyl (C=O) groups is 3. The minimum absolute atomic E-state index is 0.00616. The highest BCUT2D eigenvalue weighted by molar-refractivity contribution is 8.02. The standard InChI is InChI=1S/C29H44N2O5S/c1-4-6-12-18-36-28(35)23-22-19-20(3)29(37-22)24(23)26(33)31(16-10-11-17-32)25(29)27(34)30(15-5-2)21-13-8-7-9-14-21/h4-5,20-25,32H,1-2,6-19H2,3H3/t20?,22-,23+,24+,25?,29?/m1/s1. The summed E-state index contributed by atoms with van der Waals surface area (Å²) >= 11 is 1.70. The summed E-state index contributed by atoms with van der Waals surface area (Å²) in [6.07, 6.45) is 12.5. The molecule has 0 aromatic heterocycles. The zero-order chi connectivity index (χ0) is 26.6. The van der Waals surface area contributed by atoms with Crippen LogP contribution in [-0.4, -0.2) is 81.1 Å². The number of rotatable bonds is 13. The molecular weight excluding hydrogens is 488 g/mol. The fraction of sp³-hybridized carbons (Fsp3) is 0.759. The molecule has 1 spiro atoms. The molecule has 3 unspecified atom stereocenters. The van der Waals surface area contributed by atoms with Crippen molar-refractivity contribution in [2.24, 2.45) is 17.8 Å². The number of nitrogens with zero attached hydrogens (tertiary/aromatic N) is 2. The minimum Gasteiger partial charge on any atom is -0.465 e. The van der Waals surface area contributed by atoms with E-state index < -0.39 is 22.6 Å². The second-order valence-corrected chi connectivity index (χ2v) is 12.7. The fourth-order valence-electron chi connectivity index (χ4n) is 7.31. The summed E-state index contributed by atoms with van der Waals surface area (Å²) in [5, 5.41) is 9.38. The van der Waals surface area contributed by atoms with Gasteiger partial charge in [0, 0.05) is 31.0 Å². The van der Waals surface area contributed by atoms with E-state index in [1.807, 2.05) is 4.90 Å². The maximum atomic E-state index is 14.5. The van der Waals surface area contributed by atoms with Crippen LogP contribution >= 0.6 is 11.8 Å². The van der Waals surface area contributed by atoms with Crippen molar-refractivity contribution in [3.63, 3.8) is 0 Å². The number of ether oxygens (including phenoxy) is 1. The van der Waals surface area contributed by atoms with E-state index in [9.17, 15) is 19.5 Å². The maximum absolute atomic E-state index is 14.5. The number of esters is 1. The Morgan fingerprint density at radius 3 is 2.62 bits per heavy atom. The number of fused-ring (bicyclic) bond motifs is 1. The molecule has 1 saturated carbocycles. The normalized spacial score (nSPS) is 32.9. The van der Waals surface area contributed by atoms with Crippen LogP contribution in [0, 0.1) is 17.8 Å². The molecule has 3 saturated heterocycles. The first-order valence-electron chi connectivity index (χ1n) is 14.2. The van der Waals surface area contributed by atoms with Gasteiger partial charge in [-0.3, -0.25) is 14.4 Å². The highest BCUT2D eigenvalue weighted by atomic mass is 32.2. The fourth-order valence-corrected chi connectivity index (χ4v) is 9.71. The van der Waals surface area contributed by atoms with Gasteiger partial charge in [-0.2, -0.15) is 0 Å². The Labute approximate surface area is 226 Å². The monoisotopic (exact) mass is 532 g/mol. The number of unbranched alkanes of at least 4 members (excludes halogenated alkanes) is 2. The number of aliphatic hydroxyl groups excluding tert-OH is 1. The molecule has 0 aromatic rings. The van der Waals surface area contributed by atoms with E-state index in [1.165, 1.54) is 6.42 Å². The number of aliphatic hydroxyl groups is 1. The third kappa shape index (κ3) is 5.12. The van der Waals surface area contributed by atoms with Crippen LogP contribution in [0.1, 0.15) is 71.1 Å². The number of thioether (sulfide) groups is 1. The van der Waals surface area contributed by atoms with Gasteiger partial charge in [0.15, 0.2) is 0 Å². The Bertz CT molecular complexity index is 874. The van der Waals surface area contributed by atoms with Crippen LogP contribution in [0.3, 0.4) is 0 Å². The molecule has 0 aromatic carbocycles. The van der Waals surface area contributed by atoms with Gasteiger partial charge in [-0.25, -0.2) is 0 Å². The van der Waals surface area contributed by atoms with Gasteiger partial charge in [-0.1, -0.05) is 38.3 Å². The molecule has 1 N–H and O–H groups in total. The zero-order valence-corrected chi connectivity index (χ0v) is 23.1. The highest BCUT2D eigenvalue weighted by Gasteiger charge is 2.76. The van der Waals surface area contributed by atoms with Gasteiger partial charge in [0.05, 0.1) is 23.2 Å². The Morgan fingerprint density at radius 1 is 1.19 bits per heavy atom. The van der Waals surface area contributed by atoms with Crippen molar-refractivity contribution in [2.45, 2.75) is 93.2 Å². The molecule has 0 radical (unpaired) electrons. The van der Waals surface area contributed by atoms with Crippen molar-refractivity contribution in [1.82, 2.24) is 9.80 Å². The van der Waals surface area contributed by atoms with Crippen LogP contribution < -0.4 is 0 Å². The van der Waals surface area contributed by atoms with Crippen molar-refractivity contribution < 1.29 is 24.2 Å². The van der Waals surface area contributed by atoms with Crippen LogP contribution in [0.5, 0.6) is 0 Å². The van der Waals surface area contributed by atoms with E-state index in [0.29, 0.717) is 39.0 Å². The molecule has 4 rings (SSSR count). The largest absolute Gasteiger partial charge is 0.465 e. The van der Waals surface area contributed by atoms with Crippen LogP contribution in [0.4, 0.5) is 0 Å². The topological polar surface area (TPSA) is 87.1 Å². The molecular formula is C29H44N2O5S. The van der Waals surface area contributed by atoms with Crippen molar-refractivity contribution in [3.8, 4) is 0 Å². The van der Waals surface area contributed by atoms with Gasteiger partial charge in [0.1, 0.15) is 6.04 Å². The lowest BCUT2D eigenvalue weighted by Crippen LogP contribution is -2.59. The van der Waals surface area contributed by atoms with E-state index in [2.05, 4.69) is 20.1 Å². The molecule has 6 atom stereocenters. The van der Waals surface area contributed by atoms with Crippen molar-refractivity contribution in [3.05, 3.63) is 25.3 Å². The first-order valence-corrected chi connectivity index (χ1v) is 15.1. The maximum Gasteiger partial charge on any atom is 0.310 e. The molecule has 8 heteroatoms. The van der Waals surface area contributed by atoms with Crippen LogP contribution in [-0.2, 0) is 19.1 Å². The second kappa shape index (κ2) is 12.4. The second-order valence-electron chi connectivity index (χ2n) is 11.2. The summed E-state index contributed by atoms with van der Waals surface area (Å²) in [4.78, 5) is 45.7. The van der Waals surface area contributed by atoms with Crippen LogP contribution in [0.15, 0.2) is 25.3 Å². The number of carbonyl (C=O) groups excluding carboxylic acids is 3. The summed E-state index contributed by atoms with van der Waals surface area (Å²) in [7, 11) is 0. The Kier molecular flexibility index (Phi) is 9.43. The van der Waals surface area contributed by atoms with Crippen molar-refractivity contribution in [2.75, 3.05) is 26.3 Å². The van der Waals surface area contributed by atoms with Gasteiger partial charge in [0.2, 0.25) is 11.8 Å². The Hall–Kier alpha value is -1.80. The summed E-state index contributed by atoms with van der Waals surface area (Å²) in [5.41, 5.74) is 0. The first-order chi connectivity index (χ1) is 17.9. The summed E-state index contributed by atoms with van der Waals surface area (Å²) in [6.45, 7) is 11.0. The molecule has 37 heavy (non-hydrogen) atoms. The third-order valence-corrected chi connectivity index (χ3v) is 11.1. The third-order valence-electron chi connectivity index (χ3n) is 8.98. The van der Waals surface area contributed by atoms with Gasteiger partial charge in [-0.05, 0) is 50.9 Å². The van der Waals surface area contributed by atoms with Gasteiger partial charge < -0.3 is 19.6 Å². The van der Waals surface area contributed by atoms with Crippen LogP contribution in [0.25, 0.3) is 0 Å². The first kappa shape index (κ1) is 28.2. The zero-order valence-electron chi connectivity index (χ0n) is 22.3. The predicted molar refractivity (Wildman–Crippen MR) is 146 cm³/mol. The molecule has 4 fully saturated rings. The molecule has 206 valence electrons. The van der Waals surface area contributed by atoms with Crippen molar-refractivity contribution in [1.29, 1.82) is 0 Å². The summed E-state index contributed by atoms with van der Waals surface area (Å²) in [5.74, 6) is -1.31. The number of amides is 2. The molecule has 3 aliphatic heterocycles. The van der Waals surface area contributed by atoms with Gasteiger partial charge in [0.25, 0.3) is 0 Å². The SMILES string of the molecule is C=CCCCOC(=O)[C@@H]1[C@H]2C(=O)N(CCCCO)C(C(=O)N(CC=C)C3CCCCC3)C23S[C@@H]1CC3C. The van der Waals surface area contributed by atoms with E-state index in [-0.39, 0.29) is 41.6 Å². The molecule has 3 heterocycles. The minimum atomic E-state index is -0.628. The molecule has 1 aliphatic carbocycles. The lowest BCUT2D eigenvalue weighted by molar-refractivity contribution is -0.154. The van der Waals surface area contributed by atoms with Crippen molar-refractivity contribution >= 4 is 29.5 Å². The van der Waals surface area contributed by atoms with Gasteiger partial charge >= 0.3 is 5.97 Å². The smallest absolute Gasteiger partial charge is 0.310 e. The number of likely N-dealkylation sites (tertiary alicyclic amines) is 1. The molecule has 7 nitrogen and oxygen atoms in total. The molecule has 2 amide bonds. The summed E-state index contributed by atoms with van der Waals surface area (Å²) < 4.78 is 5.04. The van der Waals surface area contributed by atoms with E-state index in [1.54, 1.807) is 28.8 Å². The number of hydrogen-bond acceptors (Lipinski definition) is 6. The molecule has 4 aliphatic rings. The quantitative estimate of drug-likeness (QED) is 0.220. The predicted octanol–water partition coefficient (Wildman–Crippen LogP) is 3.95. The van der Waals surface area contributed by atoms with Crippen LogP contribution in [0.2, 0.25) is 0 Å². The Balaban J connectivity index is 1.67. The molecule has 2 bridgehead atoms. The average molecular weight is 533 g/mol. The van der Waals surface area contributed by atoms with E-state index >= 15 is 0 Å². The van der Waals surface area contributed by atoms with Gasteiger partial charge in [-0.15, -0.1) is 24.9 Å². The highest BCUT2D eigenvalue weighted by Crippen LogP contribution is 2.68.